The lowest BCUT2D eigenvalue weighted by atomic mass is 9.93. The van der Waals surface area contributed by atoms with Gasteiger partial charge in [-0.2, -0.15) is 0 Å². The third-order valence-corrected chi connectivity index (χ3v) is 3.83. The van der Waals surface area contributed by atoms with Gasteiger partial charge in [-0.1, -0.05) is 34.1 Å². The maximum absolute atomic E-state index is 13.3. The number of benzene rings is 2. The molecule has 2 N–H and O–H groups in total. The summed E-state index contributed by atoms with van der Waals surface area (Å²) in [5.74, 6) is 0.511. The number of hydrogen-bond acceptors (Lipinski definition) is 2. The summed E-state index contributed by atoms with van der Waals surface area (Å²) in [6.45, 7) is 0. The molecule has 1 aliphatic heterocycles. The zero-order valence-corrected chi connectivity index (χ0v) is 11.7. The van der Waals surface area contributed by atoms with Gasteiger partial charge in [-0.25, -0.2) is 4.39 Å². The largest absolute Gasteiger partial charge is 0.485 e. The SMILES string of the molecule is N[C@H]1CC(c2cccc(F)c2)Oc2cc(Br)ccc21. The van der Waals surface area contributed by atoms with Gasteiger partial charge >= 0.3 is 0 Å². The quantitative estimate of drug-likeness (QED) is 0.857. The molecule has 2 nitrogen and oxygen atoms in total. The molecule has 1 aliphatic rings. The van der Waals surface area contributed by atoms with E-state index in [0.717, 1.165) is 21.3 Å². The molecule has 0 aromatic heterocycles. The normalized spacial score (nSPS) is 21.6. The van der Waals surface area contributed by atoms with Gasteiger partial charge in [0.05, 0.1) is 0 Å². The average molecular weight is 322 g/mol. The molecule has 0 bridgehead atoms. The summed E-state index contributed by atoms with van der Waals surface area (Å²) in [4.78, 5) is 0. The summed E-state index contributed by atoms with van der Waals surface area (Å²) < 4.78 is 20.2. The van der Waals surface area contributed by atoms with Crippen LogP contribution in [0.2, 0.25) is 0 Å². The maximum atomic E-state index is 13.3. The molecule has 1 heterocycles. The molecule has 2 aromatic carbocycles. The monoisotopic (exact) mass is 321 g/mol. The van der Waals surface area contributed by atoms with E-state index in [1.807, 2.05) is 24.3 Å². The molecule has 0 spiro atoms. The number of ether oxygens (including phenoxy) is 1. The van der Waals surface area contributed by atoms with Crippen LogP contribution in [0.15, 0.2) is 46.9 Å². The van der Waals surface area contributed by atoms with E-state index in [1.54, 1.807) is 6.07 Å². The first-order chi connectivity index (χ1) is 9.13. The van der Waals surface area contributed by atoms with E-state index in [1.165, 1.54) is 12.1 Å². The maximum Gasteiger partial charge on any atom is 0.126 e. The first-order valence-electron chi connectivity index (χ1n) is 6.10. The molecule has 3 rings (SSSR count). The Hall–Kier alpha value is -1.39. The Morgan fingerprint density at radius 3 is 2.84 bits per heavy atom. The molecular formula is C15H13BrFNO. The third-order valence-electron chi connectivity index (χ3n) is 3.33. The first kappa shape index (κ1) is 12.6. The fourth-order valence-electron chi connectivity index (χ4n) is 2.39. The summed E-state index contributed by atoms with van der Waals surface area (Å²) in [7, 11) is 0. The van der Waals surface area contributed by atoms with Crippen LogP contribution in [0.4, 0.5) is 4.39 Å². The van der Waals surface area contributed by atoms with E-state index in [4.69, 9.17) is 10.5 Å². The fourth-order valence-corrected chi connectivity index (χ4v) is 2.73. The molecule has 0 fully saturated rings. The lowest BCUT2D eigenvalue weighted by Crippen LogP contribution is -2.24. The van der Waals surface area contributed by atoms with Crippen LogP contribution in [0.5, 0.6) is 5.75 Å². The van der Waals surface area contributed by atoms with E-state index in [9.17, 15) is 4.39 Å². The molecule has 0 radical (unpaired) electrons. The molecule has 4 heteroatoms. The van der Waals surface area contributed by atoms with Crippen LogP contribution < -0.4 is 10.5 Å². The Morgan fingerprint density at radius 1 is 1.21 bits per heavy atom. The van der Waals surface area contributed by atoms with E-state index >= 15 is 0 Å². The summed E-state index contributed by atoms with van der Waals surface area (Å²) >= 11 is 3.42. The molecular weight excluding hydrogens is 309 g/mol. The minimum Gasteiger partial charge on any atom is -0.485 e. The van der Waals surface area contributed by atoms with Gasteiger partial charge in [0.1, 0.15) is 17.7 Å². The minimum absolute atomic E-state index is 0.0925. The zero-order valence-electron chi connectivity index (χ0n) is 10.1. The summed E-state index contributed by atoms with van der Waals surface area (Å²) in [5.41, 5.74) is 7.99. The summed E-state index contributed by atoms with van der Waals surface area (Å²) in [6, 6.07) is 12.2. The van der Waals surface area contributed by atoms with Crippen molar-refractivity contribution in [2.24, 2.45) is 5.73 Å². The highest BCUT2D eigenvalue weighted by atomic mass is 79.9. The van der Waals surface area contributed by atoms with E-state index in [-0.39, 0.29) is 18.0 Å². The second-order valence-electron chi connectivity index (χ2n) is 4.69. The van der Waals surface area contributed by atoms with E-state index in [2.05, 4.69) is 15.9 Å². The fraction of sp³-hybridized carbons (Fsp3) is 0.200. The van der Waals surface area contributed by atoms with Crippen LogP contribution in [0, 0.1) is 5.82 Å². The second kappa shape index (κ2) is 4.94. The molecule has 0 aliphatic carbocycles. The number of halogens is 2. The van der Waals surface area contributed by atoms with E-state index in [0.29, 0.717) is 6.42 Å². The Bertz CT molecular complexity index is 617. The number of rotatable bonds is 1. The van der Waals surface area contributed by atoms with Crippen molar-refractivity contribution < 1.29 is 9.13 Å². The number of fused-ring (bicyclic) bond motifs is 1. The highest BCUT2D eigenvalue weighted by Gasteiger charge is 2.27. The lowest BCUT2D eigenvalue weighted by Gasteiger charge is -2.30. The predicted molar refractivity (Wildman–Crippen MR) is 75.5 cm³/mol. The highest BCUT2D eigenvalue weighted by Crippen LogP contribution is 2.40. The zero-order chi connectivity index (χ0) is 13.4. The Kier molecular flexibility index (Phi) is 3.29. The number of hydrogen-bond donors (Lipinski definition) is 1. The van der Waals surface area contributed by atoms with Crippen molar-refractivity contribution in [1.29, 1.82) is 0 Å². The van der Waals surface area contributed by atoms with Crippen molar-refractivity contribution >= 4 is 15.9 Å². The van der Waals surface area contributed by atoms with Crippen LogP contribution in [0.1, 0.15) is 29.7 Å². The van der Waals surface area contributed by atoms with Gasteiger partial charge in [0.15, 0.2) is 0 Å². The Morgan fingerprint density at radius 2 is 2.05 bits per heavy atom. The standard InChI is InChI=1S/C15H13BrFNO/c16-10-4-5-12-13(18)8-14(19-15(12)7-10)9-2-1-3-11(17)6-9/h1-7,13-14H,8,18H2/t13-,14?/m0/s1. The predicted octanol–water partition coefficient (Wildman–Crippen LogP) is 4.11. The van der Waals surface area contributed by atoms with Crippen molar-refractivity contribution in [3.05, 3.63) is 63.9 Å². The van der Waals surface area contributed by atoms with Gasteiger partial charge in [0.2, 0.25) is 0 Å². The summed E-state index contributed by atoms with van der Waals surface area (Å²) in [6.07, 6.45) is 0.449. The van der Waals surface area contributed by atoms with Gasteiger partial charge in [-0.05, 0) is 29.8 Å². The van der Waals surface area contributed by atoms with Crippen molar-refractivity contribution in [3.8, 4) is 5.75 Å². The summed E-state index contributed by atoms with van der Waals surface area (Å²) in [5, 5.41) is 0. The van der Waals surface area contributed by atoms with Gasteiger partial charge < -0.3 is 10.5 Å². The molecule has 1 unspecified atom stereocenters. The minimum atomic E-state index is -0.255. The van der Waals surface area contributed by atoms with Crippen LogP contribution in [-0.4, -0.2) is 0 Å². The van der Waals surface area contributed by atoms with Crippen LogP contribution >= 0.6 is 15.9 Å². The molecule has 2 atom stereocenters. The molecule has 98 valence electrons. The van der Waals surface area contributed by atoms with Gasteiger partial charge in [-0.15, -0.1) is 0 Å². The Balaban J connectivity index is 1.96. The average Bonchev–Trinajstić information content (AvgIpc) is 2.38. The van der Waals surface area contributed by atoms with Crippen molar-refractivity contribution in [2.75, 3.05) is 0 Å². The van der Waals surface area contributed by atoms with E-state index < -0.39 is 0 Å². The van der Waals surface area contributed by atoms with Gasteiger partial charge in [-0.3, -0.25) is 0 Å². The van der Waals surface area contributed by atoms with Crippen molar-refractivity contribution in [3.63, 3.8) is 0 Å². The highest BCUT2D eigenvalue weighted by molar-refractivity contribution is 9.10. The van der Waals surface area contributed by atoms with Gasteiger partial charge in [0.25, 0.3) is 0 Å². The van der Waals surface area contributed by atoms with Crippen LogP contribution in [-0.2, 0) is 0 Å². The molecule has 2 aromatic rings. The second-order valence-corrected chi connectivity index (χ2v) is 5.60. The number of nitrogens with two attached hydrogens (primary N) is 1. The molecule has 0 amide bonds. The molecule has 19 heavy (non-hydrogen) atoms. The smallest absolute Gasteiger partial charge is 0.126 e. The Labute approximate surface area is 119 Å². The first-order valence-corrected chi connectivity index (χ1v) is 6.90. The topological polar surface area (TPSA) is 35.2 Å². The molecule has 0 saturated carbocycles. The molecule has 0 saturated heterocycles. The lowest BCUT2D eigenvalue weighted by molar-refractivity contribution is 0.161. The van der Waals surface area contributed by atoms with Crippen LogP contribution in [0.3, 0.4) is 0 Å². The third kappa shape index (κ3) is 2.51. The van der Waals surface area contributed by atoms with Crippen LogP contribution in [0.25, 0.3) is 0 Å². The van der Waals surface area contributed by atoms with Gasteiger partial charge in [0, 0.05) is 22.5 Å². The van der Waals surface area contributed by atoms with Crippen molar-refractivity contribution in [2.45, 2.75) is 18.6 Å². The van der Waals surface area contributed by atoms with Crippen molar-refractivity contribution in [1.82, 2.24) is 0 Å².